The van der Waals surface area contributed by atoms with Crippen LogP contribution in [0.5, 0.6) is 0 Å². The number of rotatable bonds is 0. The molecule has 6 heteroatoms. The van der Waals surface area contributed by atoms with Crippen LogP contribution in [0.1, 0.15) is 6.92 Å². The molecule has 0 radical (unpaired) electrons. The molecule has 0 amide bonds. The van der Waals surface area contributed by atoms with Gasteiger partial charge in [-0.1, -0.05) is 0 Å². The first-order valence-electron chi connectivity index (χ1n) is 1.54. The van der Waals surface area contributed by atoms with Crippen molar-refractivity contribution in [2.75, 3.05) is 0 Å². The molecule has 0 aromatic rings. The van der Waals surface area contributed by atoms with Gasteiger partial charge in [0.1, 0.15) is 0 Å². The van der Waals surface area contributed by atoms with Gasteiger partial charge in [0.05, 0.1) is 0 Å². The standard InChI is InChI=1S/C3H4O4.Ca.Sr.4H/c1-2(4)7-3(5)6;;;;;;/h1H3,(H,5,6);;;;;;. The zero-order valence-corrected chi connectivity index (χ0v) is 3.67. The predicted molar refractivity (Wildman–Crippen MR) is 36.9 cm³/mol. The van der Waals surface area contributed by atoms with Gasteiger partial charge >= 0.3 is 95.3 Å². The Hall–Kier alpha value is 1.68. The molecule has 0 heterocycles. The van der Waals surface area contributed by atoms with E-state index in [1.165, 1.54) is 0 Å². The van der Waals surface area contributed by atoms with Crippen molar-refractivity contribution >= 4 is 95.3 Å². The summed E-state index contributed by atoms with van der Waals surface area (Å²) in [6.45, 7) is 1.02. The second-order valence-electron chi connectivity index (χ2n) is 0.860. The van der Waals surface area contributed by atoms with E-state index in [1.54, 1.807) is 0 Å². The summed E-state index contributed by atoms with van der Waals surface area (Å²) in [6.07, 6.45) is -1.56. The number of carbonyl (C=O) groups excluding carboxylic acids is 1. The Balaban J connectivity index is -0.000000180. The molecule has 0 fully saturated rings. The van der Waals surface area contributed by atoms with E-state index in [2.05, 4.69) is 4.74 Å². The van der Waals surface area contributed by atoms with Gasteiger partial charge in [-0.05, 0) is 0 Å². The fourth-order valence-corrected chi connectivity index (χ4v) is 0.123. The van der Waals surface area contributed by atoms with Gasteiger partial charge in [0, 0.05) is 6.92 Å². The first kappa shape index (κ1) is 17.0. The number of ether oxygens (including phenoxy) is 1. The van der Waals surface area contributed by atoms with Crippen LogP contribution in [0.2, 0.25) is 0 Å². The van der Waals surface area contributed by atoms with Crippen molar-refractivity contribution in [3.8, 4) is 0 Å². The van der Waals surface area contributed by atoms with Crippen molar-refractivity contribution in [3.05, 3.63) is 0 Å². The topological polar surface area (TPSA) is 63.6 Å². The van der Waals surface area contributed by atoms with E-state index >= 15 is 0 Å². The van der Waals surface area contributed by atoms with Crippen LogP contribution in [0, 0.1) is 0 Å². The van der Waals surface area contributed by atoms with Crippen LogP contribution < -0.4 is 0 Å². The molecule has 0 aliphatic heterocycles. The van der Waals surface area contributed by atoms with Crippen molar-refractivity contribution in [2.45, 2.75) is 6.92 Å². The van der Waals surface area contributed by atoms with Gasteiger partial charge in [0.15, 0.2) is 0 Å². The molecule has 0 aromatic heterocycles. The van der Waals surface area contributed by atoms with Crippen molar-refractivity contribution in [1.29, 1.82) is 0 Å². The van der Waals surface area contributed by atoms with Crippen molar-refractivity contribution in [1.82, 2.24) is 0 Å². The minimum absolute atomic E-state index is 0. The molecule has 9 heavy (non-hydrogen) atoms. The minimum atomic E-state index is -1.56. The van der Waals surface area contributed by atoms with Crippen LogP contribution in [0.15, 0.2) is 0 Å². The third-order valence-electron chi connectivity index (χ3n) is 0.231. The summed E-state index contributed by atoms with van der Waals surface area (Å²) >= 11 is 0. The summed E-state index contributed by atoms with van der Waals surface area (Å²) in [5.74, 6) is -0.812. The van der Waals surface area contributed by atoms with Crippen LogP contribution in [-0.2, 0) is 9.53 Å². The summed E-state index contributed by atoms with van der Waals surface area (Å²) in [6, 6.07) is 0. The van der Waals surface area contributed by atoms with Crippen LogP contribution in [0.4, 0.5) is 4.79 Å². The molecular formula is C3H8CaO4Sr. The van der Waals surface area contributed by atoms with Crippen LogP contribution in [0.25, 0.3) is 0 Å². The van der Waals surface area contributed by atoms with Gasteiger partial charge in [0.2, 0.25) is 0 Å². The molecule has 0 rings (SSSR count). The molecule has 0 aliphatic rings. The first-order valence-corrected chi connectivity index (χ1v) is 1.54. The van der Waals surface area contributed by atoms with E-state index in [9.17, 15) is 9.59 Å². The summed E-state index contributed by atoms with van der Waals surface area (Å²) in [7, 11) is 0. The Morgan fingerprint density at radius 1 is 1.44 bits per heavy atom. The van der Waals surface area contributed by atoms with E-state index in [1.807, 2.05) is 0 Å². The molecule has 1 N–H and O–H groups in total. The second kappa shape index (κ2) is 9.68. The summed E-state index contributed by atoms with van der Waals surface area (Å²) in [4.78, 5) is 19.0. The second-order valence-corrected chi connectivity index (χ2v) is 0.860. The molecule has 0 unspecified atom stereocenters. The Morgan fingerprint density at radius 2 is 1.78 bits per heavy atom. The van der Waals surface area contributed by atoms with Gasteiger partial charge in [0.25, 0.3) is 0 Å². The molecule has 0 aromatic carbocycles. The number of carbonyl (C=O) groups is 2. The van der Waals surface area contributed by atoms with Gasteiger partial charge in [-0.15, -0.1) is 0 Å². The van der Waals surface area contributed by atoms with E-state index in [-0.39, 0.29) is 83.2 Å². The van der Waals surface area contributed by atoms with Gasteiger partial charge in [-0.3, -0.25) is 4.79 Å². The number of hydrogen-bond acceptors (Lipinski definition) is 3. The zero-order valence-electron chi connectivity index (χ0n) is 3.67. The Labute approximate surface area is 119 Å². The monoisotopic (exact) mass is 236 g/mol. The molecule has 0 bridgehead atoms. The first-order chi connectivity index (χ1) is 3.13. The predicted octanol–water partition coefficient (Wildman–Crippen LogP) is -1.60. The van der Waals surface area contributed by atoms with Crippen molar-refractivity contribution < 1.29 is 19.4 Å². The fraction of sp³-hybridized carbons (Fsp3) is 0.333. The maximum atomic E-state index is 9.65. The molecular weight excluding hydrogens is 228 g/mol. The Bertz CT molecular complexity index is 92.0. The van der Waals surface area contributed by atoms with Crippen LogP contribution >= 0.6 is 0 Å². The molecule has 4 nitrogen and oxygen atoms in total. The molecule has 0 atom stereocenters. The molecule has 48 valence electrons. The van der Waals surface area contributed by atoms with E-state index in [0.717, 1.165) is 6.92 Å². The van der Waals surface area contributed by atoms with Gasteiger partial charge in [-0.2, -0.15) is 0 Å². The molecule has 0 aliphatic carbocycles. The third-order valence-corrected chi connectivity index (χ3v) is 0.231. The summed E-state index contributed by atoms with van der Waals surface area (Å²) < 4.78 is 3.53. The van der Waals surface area contributed by atoms with Crippen molar-refractivity contribution in [3.63, 3.8) is 0 Å². The average molecular weight is 236 g/mol. The Kier molecular flexibility index (Phi) is 18.2. The average Bonchev–Trinajstić information content (AvgIpc) is 1.27. The van der Waals surface area contributed by atoms with E-state index in [4.69, 9.17) is 5.11 Å². The molecule has 0 saturated carbocycles. The number of carboxylic acid groups (broad SMARTS) is 1. The number of hydrogen-bond donors (Lipinski definition) is 1. The number of esters is 1. The summed E-state index contributed by atoms with van der Waals surface area (Å²) in [5.41, 5.74) is 0. The molecule has 0 saturated heterocycles. The van der Waals surface area contributed by atoms with Gasteiger partial charge < -0.3 is 9.84 Å². The third kappa shape index (κ3) is 17.7. The van der Waals surface area contributed by atoms with E-state index in [0.29, 0.717) is 0 Å². The quantitative estimate of drug-likeness (QED) is 0.312. The summed E-state index contributed by atoms with van der Waals surface area (Å²) in [5, 5.41) is 7.64. The van der Waals surface area contributed by atoms with E-state index < -0.39 is 12.1 Å². The molecule has 0 spiro atoms. The fourth-order valence-electron chi connectivity index (χ4n) is 0.123. The van der Waals surface area contributed by atoms with Crippen LogP contribution in [0.3, 0.4) is 0 Å². The SMILES string of the molecule is CC(=O)OC(=O)O.[CaH2].[SrH2]. The zero-order chi connectivity index (χ0) is 5.86. The van der Waals surface area contributed by atoms with Crippen LogP contribution in [-0.4, -0.2) is 100 Å². The normalized spacial score (nSPS) is 5.89. The van der Waals surface area contributed by atoms with Gasteiger partial charge in [-0.25, -0.2) is 4.79 Å². The Morgan fingerprint density at radius 3 is 1.78 bits per heavy atom. The van der Waals surface area contributed by atoms with Crippen molar-refractivity contribution in [2.24, 2.45) is 0 Å². The maximum absolute atomic E-state index is 9.65.